The Kier molecular flexibility index (Phi) is 4.12. The third-order valence-electron chi connectivity index (χ3n) is 3.85. The first kappa shape index (κ1) is 15.9. The Morgan fingerprint density at radius 2 is 1.71 bits per heavy atom. The summed E-state index contributed by atoms with van der Waals surface area (Å²) in [6, 6.07) is 11.9. The van der Waals surface area contributed by atoms with E-state index in [0.29, 0.717) is 17.1 Å². The molecule has 124 valence electrons. The molecule has 2 atom stereocenters. The van der Waals surface area contributed by atoms with Crippen molar-refractivity contribution in [3.8, 4) is 11.5 Å². The van der Waals surface area contributed by atoms with Crippen LogP contribution in [-0.4, -0.2) is 29.2 Å². The Morgan fingerprint density at radius 1 is 1.04 bits per heavy atom. The molecule has 2 aromatic carbocycles. The van der Waals surface area contributed by atoms with Gasteiger partial charge in [0.15, 0.2) is 11.5 Å². The molecule has 24 heavy (non-hydrogen) atoms. The number of carboxylic acid groups (broad SMARTS) is 1. The predicted octanol–water partition coefficient (Wildman–Crippen LogP) is 2.86. The predicted molar refractivity (Wildman–Crippen MR) is 87.7 cm³/mol. The number of fused-ring (bicyclic) bond motifs is 1. The highest BCUT2D eigenvalue weighted by atomic mass is 16.6. The number of aromatic carboxylic acids is 1. The number of anilines is 1. The van der Waals surface area contributed by atoms with E-state index in [4.69, 9.17) is 9.47 Å². The summed E-state index contributed by atoms with van der Waals surface area (Å²) in [5, 5.41) is 12.0. The molecule has 6 nitrogen and oxygen atoms in total. The first-order valence-electron chi connectivity index (χ1n) is 7.53. The molecule has 0 aliphatic carbocycles. The van der Waals surface area contributed by atoms with Crippen LogP contribution in [0.1, 0.15) is 22.8 Å². The number of amides is 1. The Labute approximate surface area is 139 Å². The Bertz CT molecular complexity index is 802. The molecule has 1 aliphatic heterocycles. The SMILES string of the molecule is Cc1cccc(C(=O)O)c1NC(=O)C1Oc2ccccc2OC1C. The number of nitrogens with one attached hydrogen (secondary N) is 1. The molecule has 0 aromatic heterocycles. The Morgan fingerprint density at radius 3 is 2.38 bits per heavy atom. The molecular weight excluding hydrogens is 310 g/mol. The van der Waals surface area contributed by atoms with E-state index < -0.39 is 24.1 Å². The molecule has 0 saturated carbocycles. The molecule has 1 aliphatic rings. The summed E-state index contributed by atoms with van der Waals surface area (Å²) in [4.78, 5) is 24.0. The van der Waals surface area contributed by atoms with Gasteiger partial charge in [0.25, 0.3) is 5.91 Å². The summed E-state index contributed by atoms with van der Waals surface area (Å²) in [5.41, 5.74) is 0.964. The van der Waals surface area contributed by atoms with Crippen molar-refractivity contribution in [3.05, 3.63) is 53.6 Å². The highest BCUT2D eigenvalue weighted by molar-refractivity contribution is 6.03. The van der Waals surface area contributed by atoms with Gasteiger partial charge in [0.05, 0.1) is 11.3 Å². The van der Waals surface area contributed by atoms with Gasteiger partial charge in [-0.1, -0.05) is 24.3 Å². The molecule has 6 heteroatoms. The van der Waals surface area contributed by atoms with Gasteiger partial charge in [-0.15, -0.1) is 0 Å². The number of carbonyl (C=O) groups is 2. The second-order valence-electron chi connectivity index (χ2n) is 5.60. The van der Waals surface area contributed by atoms with Crippen LogP contribution in [0.15, 0.2) is 42.5 Å². The fraction of sp³-hybridized carbons (Fsp3) is 0.222. The second-order valence-corrected chi connectivity index (χ2v) is 5.60. The molecule has 3 rings (SSSR count). The van der Waals surface area contributed by atoms with Crippen LogP contribution in [-0.2, 0) is 4.79 Å². The first-order valence-corrected chi connectivity index (χ1v) is 7.53. The number of carbonyl (C=O) groups excluding carboxylic acids is 1. The summed E-state index contributed by atoms with van der Waals surface area (Å²) in [7, 11) is 0. The van der Waals surface area contributed by atoms with Crippen molar-refractivity contribution < 1.29 is 24.2 Å². The van der Waals surface area contributed by atoms with Crippen LogP contribution in [0.2, 0.25) is 0 Å². The molecule has 0 fully saturated rings. The smallest absolute Gasteiger partial charge is 0.337 e. The largest absolute Gasteiger partial charge is 0.482 e. The van der Waals surface area contributed by atoms with Gasteiger partial charge in [-0.05, 0) is 37.6 Å². The van der Waals surface area contributed by atoms with Gasteiger partial charge >= 0.3 is 5.97 Å². The molecule has 1 amide bonds. The molecule has 2 aromatic rings. The minimum absolute atomic E-state index is 0.0353. The number of benzene rings is 2. The number of para-hydroxylation sites is 3. The van der Waals surface area contributed by atoms with Crippen LogP contribution in [0, 0.1) is 6.92 Å². The van der Waals surface area contributed by atoms with Crippen molar-refractivity contribution in [2.75, 3.05) is 5.32 Å². The van der Waals surface area contributed by atoms with Crippen LogP contribution in [0.25, 0.3) is 0 Å². The summed E-state index contributed by atoms with van der Waals surface area (Å²) >= 11 is 0. The van der Waals surface area contributed by atoms with Gasteiger partial charge in [0.1, 0.15) is 6.10 Å². The maximum atomic E-state index is 12.6. The zero-order valence-corrected chi connectivity index (χ0v) is 13.3. The zero-order valence-electron chi connectivity index (χ0n) is 13.3. The molecule has 0 radical (unpaired) electrons. The van der Waals surface area contributed by atoms with E-state index in [1.165, 1.54) is 6.07 Å². The van der Waals surface area contributed by atoms with Crippen LogP contribution in [0.3, 0.4) is 0 Å². The lowest BCUT2D eigenvalue weighted by atomic mass is 10.1. The lowest BCUT2D eigenvalue weighted by Crippen LogP contribution is -2.46. The van der Waals surface area contributed by atoms with Crippen molar-refractivity contribution in [1.29, 1.82) is 0 Å². The number of hydrogen-bond acceptors (Lipinski definition) is 4. The van der Waals surface area contributed by atoms with E-state index in [-0.39, 0.29) is 11.3 Å². The Hall–Kier alpha value is -3.02. The third kappa shape index (κ3) is 2.90. The van der Waals surface area contributed by atoms with Crippen molar-refractivity contribution in [1.82, 2.24) is 0 Å². The van der Waals surface area contributed by atoms with Gasteiger partial charge in [0, 0.05) is 0 Å². The lowest BCUT2D eigenvalue weighted by Gasteiger charge is -2.31. The fourth-order valence-electron chi connectivity index (χ4n) is 2.61. The first-order chi connectivity index (χ1) is 11.5. The monoisotopic (exact) mass is 327 g/mol. The molecular formula is C18H17NO5. The third-order valence-corrected chi connectivity index (χ3v) is 3.85. The van der Waals surface area contributed by atoms with Gasteiger partial charge in [-0.2, -0.15) is 0 Å². The molecule has 2 unspecified atom stereocenters. The normalized spacial score (nSPS) is 18.8. The van der Waals surface area contributed by atoms with Crippen molar-refractivity contribution in [2.24, 2.45) is 0 Å². The van der Waals surface area contributed by atoms with E-state index in [9.17, 15) is 14.7 Å². The highest BCUT2D eigenvalue weighted by Crippen LogP contribution is 2.34. The average molecular weight is 327 g/mol. The van der Waals surface area contributed by atoms with Gasteiger partial charge < -0.3 is 19.9 Å². The summed E-state index contributed by atoms with van der Waals surface area (Å²) in [6.07, 6.45) is -1.38. The molecule has 1 heterocycles. The molecule has 0 spiro atoms. The van der Waals surface area contributed by atoms with Gasteiger partial charge in [0.2, 0.25) is 6.10 Å². The number of rotatable bonds is 3. The van der Waals surface area contributed by atoms with E-state index in [0.717, 1.165) is 0 Å². The van der Waals surface area contributed by atoms with Crippen LogP contribution >= 0.6 is 0 Å². The van der Waals surface area contributed by atoms with Crippen LogP contribution in [0.4, 0.5) is 5.69 Å². The van der Waals surface area contributed by atoms with Crippen molar-refractivity contribution in [2.45, 2.75) is 26.1 Å². The maximum absolute atomic E-state index is 12.6. The second kappa shape index (κ2) is 6.23. The van der Waals surface area contributed by atoms with E-state index in [1.54, 1.807) is 44.2 Å². The summed E-state index contributed by atoms with van der Waals surface area (Å²) in [5.74, 6) is -0.489. The number of aryl methyl sites for hydroxylation is 1. The lowest BCUT2D eigenvalue weighted by molar-refractivity contribution is -0.128. The minimum Gasteiger partial charge on any atom is -0.482 e. The average Bonchev–Trinajstić information content (AvgIpc) is 2.55. The fourth-order valence-corrected chi connectivity index (χ4v) is 2.61. The highest BCUT2D eigenvalue weighted by Gasteiger charge is 2.34. The van der Waals surface area contributed by atoms with Crippen LogP contribution < -0.4 is 14.8 Å². The Balaban J connectivity index is 1.85. The van der Waals surface area contributed by atoms with E-state index in [1.807, 2.05) is 6.07 Å². The standard InChI is InChI=1S/C18H17NO5/c1-10-6-5-7-12(18(21)22)15(10)19-17(20)16-11(2)23-13-8-3-4-9-14(13)24-16/h3-9,11,16H,1-2H3,(H,19,20)(H,21,22). The van der Waals surface area contributed by atoms with Crippen molar-refractivity contribution >= 4 is 17.6 Å². The van der Waals surface area contributed by atoms with Crippen molar-refractivity contribution in [3.63, 3.8) is 0 Å². The number of hydrogen-bond donors (Lipinski definition) is 2. The van der Waals surface area contributed by atoms with Gasteiger partial charge in [-0.25, -0.2) is 4.79 Å². The minimum atomic E-state index is -1.10. The van der Waals surface area contributed by atoms with E-state index >= 15 is 0 Å². The number of ether oxygens (including phenoxy) is 2. The van der Waals surface area contributed by atoms with E-state index in [2.05, 4.69) is 5.32 Å². The topological polar surface area (TPSA) is 84.9 Å². The number of carboxylic acids is 1. The molecule has 2 N–H and O–H groups in total. The maximum Gasteiger partial charge on any atom is 0.337 e. The van der Waals surface area contributed by atoms with Crippen LogP contribution in [0.5, 0.6) is 11.5 Å². The summed E-state index contributed by atoms with van der Waals surface area (Å²) < 4.78 is 11.4. The van der Waals surface area contributed by atoms with Gasteiger partial charge in [-0.3, -0.25) is 4.79 Å². The zero-order chi connectivity index (χ0) is 17.3. The molecule has 0 saturated heterocycles. The summed E-state index contributed by atoms with van der Waals surface area (Å²) in [6.45, 7) is 3.47. The quantitative estimate of drug-likeness (QED) is 0.905. The molecule has 0 bridgehead atoms.